The van der Waals surface area contributed by atoms with Crippen LogP contribution in [0.4, 0.5) is 11.4 Å². The number of benzene rings is 2. The van der Waals surface area contributed by atoms with Crippen molar-refractivity contribution in [3.8, 4) is 0 Å². The van der Waals surface area contributed by atoms with Crippen molar-refractivity contribution < 1.29 is 9.53 Å². The Morgan fingerprint density at radius 2 is 1.72 bits per heavy atom. The molecule has 0 aromatic heterocycles. The van der Waals surface area contributed by atoms with Gasteiger partial charge in [0.15, 0.2) is 0 Å². The summed E-state index contributed by atoms with van der Waals surface area (Å²) in [5, 5.41) is 7.58. The molecule has 2 atom stereocenters. The van der Waals surface area contributed by atoms with Gasteiger partial charge < -0.3 is 15.4 Å². The first-order valence-electron chi connectivity index (χ1n) is 12.2. The van der Waals surface area contributed by atoms with Gasteiger partial charge in [0.25, 0.3) is 0 Å². The minimum absolute atomic E-state index is 0.105. The topological polar surface area (TPSA) is 50.4 Å². The Bertz CT molecular complexity index is 844. The van der Waals surface area contributed by atoms with Crippen LogP contribution in [0.15, 0.2) is 48.5 Å². The second-order valence-electron chi connectivity index (χ2n) is 9.64. The van der Waals surface area contributed by atoms with E-state index in [1.807, 2.05) is 6.07 Å². The average Bonchev–Trinajstić information content (AvgIpc) is 2.82. The van der Waals surface area contributed by atoms with Crippen molar-refractivity contribution in [2.75, 3.05) is 17.7 Å². The molecular formula is C28H40N2O2. The van der Waals surface area contributed by atoms with Gasteiger partial charge in [-0.3, -0.25) is 4.79 Å². The Morgan fingerprint density at radius 1 is 1.00 bits per heavy atom. The van der Waals surface area contributed by atoms with E-state index in [1.165, 1.54) is 44.8 Å². The van der Waals surface area contributed by atoms with E-state index in [0.717, 1.165) is 29.4 Å². The highest BCUT2D eigenvalue weighted by molar-refractivity contribution is 5.73. The van der Waals surface area contributed by atoms with Crippen molar-refractivity contribution in [1.29, 1.82) is 0 Å². The summed E-state index contributed by atoms with van der Waals surface area (Å²) in [4.78, 5) is 11.8. The molecule has 4 nitrogen and oxygen atoms in total. The van der Waals surface area contributed by atoms with E-state index >= 15 is 0 Å². The molecule has 174 valence electrons. The lowest BCUT2D eigenvalue weighted by Crippen LogP contribution is -2.35. The summed E-state index contributed by atoms with van der Waals surface area (Å²) < 4.78 is 4.88. The highest BCUT2D eigenvalue weighted by Gasteiger charge is 2.27. The maximum atomic E-state index is 11.8. The first-order chi connectivity index (χ1) is 15.5. The molecule has 2 aromatic rings. The second-order valence-corrected chi connectivity index (χ2v) is 9.64. The largest absolute Gasteiger partial charge is 0.469 e. The summed E-state index contributed by atoms with van der Waals surface area (Å²) in [6.45, 7) is 7.51. The van der Waals surface area contributed by atoms with E-state index in [1.54, 1.807) is 0 Å². The molecule has 0 bridgehead atoms. The first-order valence-corrected chi connectivity index (χ1v) is 12.2. The maximum absolute atomic E-state index is 11.8. The Morgan fingerprint density at radius 3 is 2.38 bits per heavy atom. The van der Waals surface area contributed by atoms with Crippen molar-refractivity contribution >= 4 is 17.3 Å². The number of hydrogen-bond donors (Lipinski definition) is 2. The van der Waals surface area contributed by atoms with Crippen molar-refractivity contribution in [3.05, 3.63) is 59.7 Å². The summed E-state index contributed by atoms with van der Waals surface area (Å²) in [5.41, 5.74) is 4.65. The Labute approximate surface area is 194 Å². The SMILES string of the molecule is COC(=O)CC(C)c1ccc(NC(C(C)C)C2CCCCC2)c(NCc2ccccc2)c1. The van der Waals surface area contributed by atoms with Crippen LogP contribution in [-0.2, 0) is 16.1 Å². The number of methoxy groups -OCH3 is 1. The summed E-state index contributed by atoms with van der Waals surface area (Å²) in [7, 11) is 1.45. The highest BCUT2D eigenvalue weighted by atomic mass is 16.5. The third kappa shape index (κ3) is 6.75. The standard InChI is InChI=1S/C28H40N2O2/c1-20(2)28(23-13-9-6-10-14-23)30-25-16-15-24(21(3)17-27(31)32-4)18-26(25)29-19-22-11-7-5-8-12-22/h5,7-8,11-12,15-16,18,20-21,23,28-30H,6,9-10,13-14,17,19H2,1-4H3. The van der Waals surface area contributed by atoms with Gasteiger partial charge in [-0.2, -0.15) is 0 Å². The van der Waals surface area contributed by atoms with Crippen molar-refractivity contribution in [1.82, 2.24) is 0 Å². The third-order valence-electron chi connectivity index (χ3n) is 6.84. The van der Waals surface area contributed by atoms with Crippen LogP contribution < -0.4 is 10.6 Å². The van der Waals surface area contributed by atoms with Crippen LogP contribution >= 0.6 is 0 Å². The van der Waals surface area contributed by atoms with Gasteiger partial charge in [0.1, 0.15) is 0 Å². The zero-order chi connectivity index (χ0) is 22.9. The monoisotopic (exact) mass is 436 g/mol. The Hall–Kier alpha value is -2.49. The molecule has 0 heterocycles. The maximum Gasteiger partial charge on any atom is 0.306 e. The number of ether oxygens (including phenoxy) is 1. The smallest absolute Gasteiger partial charge is 0.306 e. The third-order valence-corrected chi connectivity index (χ3v) is 6.84. The van der Waals surface area contributed by atoms with E-state index in [2.05, 4.69) is 73.9 Å². The van der Waals surface area contributed by atoms with E-state index < -0.39 is 0 Å². The molecule has 0 spiro atoms. The Kier molecular flexibility index (Phi) is 9.01. The molecule has 2 unspecified atom stereocenters. The predicted molar refractivity (Wildman–Crippen MR) is 134 cm³/mol. The molecule has 1 aliphatic rings. The summed E-state index contributed by atoms with van der Waals surface area (Å²) in [6.07, 6.45) is 7.08. The van der Waals surface area contributed by atoms with Crippen molar-refractivity contribution in [3.63, 3.8) is 0 Å². The molecule has 0 radical (unpaired) electrons. The van der Waals surface area contributed by atoms with Gasteiger partial charge >= 0.3 is 5.97 Å². The van der Waals surface area contributed by atoms with E-state index in [4.69, 9.17) is 4.74 Å². The molecule has 1 fully saturated rings. The van der Waals surface area contributed by atoms with Crippen LogP contribution in [0.5, 0.6) is 0 Å². The zero-order valence-corrected chi connectivity index (χ0v) is 20.2. The summed E-state index contributed by atoms with van der Waals surface area (Å²) in [6, 6.07) is 17.5. The molecule has 2 N–H and O–H groups in total. The van der Waals surface area contributed by atoms with Crippen LogP contribution in [-0.4, -0.2) is 19.1 Å². The number of anilines is 2. The van der Waals surface area contributed by atoms with Gasteiger partial charge in [0, 0.05) is 12.6 Å². The fourth-order valence-corrected chi connectivity index (χ4v) is 4.89. The lowest BCUT2D eigenvalue weighted by Gasteiger charge is -2.35. The second kappa shape index (κ2) is 11.9. The van der Waals surface area contributed by atoms with Gasteiger partial charge in [-0.1, -0.05) is 76.4 Å². The van der Waals surface area contributed by atoms with E-state index in [-0.39, 0.29) is 11.9 Å². The molecule has 2 aromatic carbocycles. The van der Waals surface area contributed by atoms with Crippen LogP contribution in [0.1, 0.15) is 76.3 Å². The van der Waals surface area contributed by atoms with Gasteiger partial charge in [0.2, 0.25) is 0 Å². The van der Waals surface area contributed by atoms with Crippen LogP contribution in [0.3, 0.4) is 0 Å². The van der Waals surface area contributed by atoms with Crippen LogP contribution in [0.25, 0.3) is 0 Å². The number of esters is 1. The molecule has 3 rings (SSSR count). The molecule has 0 amide bonds. The zero-order valence-electron chi connectivity index (χ0n) is 20.2. The van der Waals surface area contributed by atoms with E-state index in [9.17, 15) is 4.79 Å². The fraction of sp³-hybridized carbons (Fsp3) is 0.536. The molecule has 4 heteroatoms. The average molecular weight is 437 g/mol. The highest BCUT2D eigenvalue weighted by Crippen LogP contribution is 2.35. The number of nitrogens with one attached hydrogen (secondary N) is 2. The van der Waals surface area contributed by atoms with Crippen molar-refractivity contribution in [2.45, 2.75) is 77.8 Å². The minimum Gasteiger partial charge on any atom is -0.469 e. The summed E-state index contributed by atoms with van der Waals surface area (Å²) >= 11 is 0. The lowest BCUT2D eigenvalue weighted by atomic mass is 9.79. The molecule has 0 saturated heterocycles. The van der Waals surface area contributed by atoms with Crippen LogP contribution in [0, 0.1) is 11.8 Å². The molecule has 0 aliphatic heterocycles. The first kappa shape index (κ1) is 24.2. The normalized spacial score (nSPS) is 16.4. The fourth-order valence-electron chi connectivity index (χ4n) is 4.89. The molecule has 1 aliphatic carbocycles. The quantitative estimate of drug-likeness (QED) is 0.394. The summed E-state index contributed by atoms with van der Waals surface area (Å²) in [5.74, 6) is 1.23. The van der Waals surface area contributed by atoms with Gasteiger partial charge in [-0.25, -0.2) is 0 Å². The molecule has 32 heavy (non-hydrogen) atoms. The number of carbonyl (C=O) groups excluding carboxylic acids is 1. The Balaban J connectivity index is 1.84. The van der Waals surface area contributed by atoms with Gasteiger partial charge in [-0.15, -0.1) is 0 Å². The molecule has 1 saturated carbocycles. The van der Waals surface area contributed by atoms with E-state index in [0.29, 0.717) is 18.4 Å². The molecular weight excluding hydrogens is 396 g/mol. The lowest BCUT2D eigenvalue weighted by molar-refractivity contribution is -0.140. The minimum atomic E-state index is -0.171. The van der Waals surface area contributed by atoms with Gasteiger partial charge in [-0.05, 0) is 53.9 Å². The number of carbonyl (C=O) groups is 1. The van der Waals surface area contributed by atoms with Crippen LogP contribution in [0.2, 0.25) is 0 Å². The number of hydrogen-bond acceptors (Lipinski definition) is 4. The van der Waals surface area contributed by atoms with Gasteiger partial charge in [0.05, 0.1) is 24.9 Å². The van der Waals surface area contributed by atoms with Crippen molar-refractivity contribution in [2.24, 2.45) is 11.8 Å². The predicted octanol–water partition coefficient (Wildman–Crippen LogP) is 6.98. The number of rotatable bonds is 10.